The van der Waals surface area contributed by atoms with E-state index >= 15 is 0 Å². The predicted octanol–water partition coefficient (Wildman–Crippen LogP) is 5.22. The molecule has 102 valence electrons. The van der Waals surface area contributed by atoms with E-state index in [1.807, 2.05) is 0 Å². The summed E-state index contributed by atoms with van der Waals surface area (Å²) in [6.07, 6.45) is 7.34. The second kappa shape index (κ2) is 9.55. The van der Waals surface area contributed by atoms with Crippen molar-refractivity contribution >= 4 is 52.4 Å². The molecule has 0 fully saturated rings. The Hall–Kier alpha value is 0.630. The summed E-state index contributed by atoms with van der Waals surface area (Å²) in [5.74, 6) is -0.680. The maximum atomic E-state index is 11.3. The van der Waals surface area contributed by atoms with Crippen LogP contribution >= 0.6 is 46.4 Å². The number of unbranched alkanes of at least 4 members (excludes halogenated alkanes) is 5. The highest BCUT2D eigenvalue weighted by Crippen LogP contribution is 2.29. The molecule has 1 atom stereocenters. The summed E-state index contributed by atoms with van der Waals surface area (Å²) in [7, 11) is 0. The molecule has 1 unspecified atom stereocenters. The Balaban J connectivity index is 3.58. The second-order valence-electron chi connectivity index (χ2n) is 3.89. The molecule has 0 saturated carbocycles. The molecule has 0 N–H and O–H groups in total. The van der Waals surface area contributed by atoms with Gasteiger partial charge in [-0.3, -0.25) is 4.79 Å². The first-order valence-corrected chi connectivity index (χ1v) is 7.37. The van der Waals surface area contributed by atoms with Crippen molar-refractivity contribution in [2.75, 3.05) is 0 Å². The average molecular weight is 324 g/mol. The van der Waals surface area contributed by atoms with Crippen LogP contribution in [-0.4, -0.2) is 15.3 Å². The Kier molecular flexibility index (Phi) is 9.90. The highest BCUT2D eigenvalue weighted by Gasteiger charge is 2.28. The van der Waals surface area contributed by atoms with Gasteiger partial charge in [0.1, 0.15) is 5.38 Å². The minimum Gasteiger partial charge on any atom is -0.413 e. The molecule has 0 aromatic heterocycles. The van der Waals surface area contributed by atoms with Crippen LogP contribution in [0.5, 0.6) is 0 Å². The Morgan fingerprint density at radius 2 is 1.65 bits per heavy atom. The molecule has 0 spiro atoms. The third-order valence-corrected chi connectivity index (χ3v) is 2.91. The highest BCUT2D eigenvalue weighted by molar-refractivity contribution is 6.66. The maximum absolute atomic E-state index is 11.3. The van der Waals surface area contributed by atoms with Crippen molar-refractivity contribution in [2.45, 2.75) is 61.2 Å². The van der Waals surface area contributed by atoms with E-state index < -0.39 is 15.3 Å². The zero-order valence-electron chi connectivity index (χ0n) is 9.86. The summed E-state index contributed by atoms with van der Waals surface area (Å²) in [5, 5.41) is -0.739. The summed E-state index contributed by atoms with van der Waals surface area (Å²) in [6, 6.07) is 0. The second-order valence-corrected chi connectivity index (χ2v) is 6.59. The molecule has 6 heteroatoms. The van der Waals surface area contributed by atoms with Crippen LogP contribution in [0.1, 0.15) is 51.9 Å². The Labute approximate surface area is 123 Å². The van der Waals surface area contributed by atoms with Crippen molar-refractivity contribution in [1.82, 2.24) is 0 Å². The number of hydrogen-bond acceptors (Lipinski definition) is 2. The van der Waals surface area contributed by atoms with Gasteiger partial charge in [-0.2, -0.15) is 0 Å². The van der Waals surface area contributed by atoms with Crippen LogP contribution in [-0.2, 0) is 9.53 Å². The van der Waals surface area contributed by atoms with Crippen LogP contribution in [0.3, 0.4) is 0 Å². The first kappa shape index (κ1) is 17.6. The van der Waals surface area contributed by atoms with Crippen molar-refractivity contribution in [2.24, 2.45) is 0 Å². The molecule has 0 bridgehead atoms. The largest absolute Gasteiger partial charge is 0.413 e. The lowest BCUT2D eigenvalue weighted by atomic mass is 10.1. The third-order valence-electron chi connectivity index (χ3n) is 2.28. The van der Waals surface area contributed by atoms with E-state index in [1.54, 1.807) is 0 Å². The van der Waals surface area contributed by atoms with Crippen molar-refractivity contribution in [3.8, 4) is 0 Å². The van der Waals surface area contributed by atoms with Gasteiger partial charge in [0.2, 0.25) is 0 Å². The highest BCUT2D eigenvalue weighted by atomic mass is 35.6. The lowest BCUT2D eigenvalue weighted by molar-refractivity contribution is -0.144. The standard InChI is InChI=1S/C11H18Cl4O2/c1-2-3-4-5-6-7-8-9(12)10(16)17-11(13,14)15/h9H,2-8H2,1H3. The van der Waals surface area contributed by atoms with Crippen LogP contribution in [0.25, 0.3) is 0 Å². The van der Waals surface area contributed by atoms with Crippen LogP contribution < -0.4 is 0 Å². The monoisotopic (exact) mass is 322 g/mol. The van der Waals surface area contributed by atoms with Crippen LogP contribution in [0.15, 0.2) is 0 Å². The van der Waals surface area contributed by atoms with Crippen molar-refractivity contribution in [1.29, 1.82) is 0 Å². The number of hydrogen-bond donors (Lipinski definition) is 0. The zero-order chi connectivity index (χ0) is 13.3. The number of ether oxygens (including phenoxy) is 1. The first-order chi connectivity index (χ1) is 7.87. The molecule has 0 aromatic rings. The topological polar surface area (TPSA) is 26.3 Å². The van der Waals surface area contributed by atoms with E-state index in [-0.39, 0.29) is 0 Å². The Morgan fingerprint density at radius 3 is 2.18 bits per heavy atom. The van der Waals surface area contributed by atoms with Gasteiger partial charge in [-0.25, -0.2) is 0 Å². The molecule has 17 heavy (non-hydrogen) atoms. The summed E-state index contributed by atoms with van der Waals surface area (Å²) in [6.45, 7) is 2.17. The molecule has 0 rings (SSSR count). The van der Waals surface area contributed by atoms with E-state index in [0.717, 1.165) is 19.3 Å². The van der Waals surface area contributed by atoms with Crippen LogP contribution in [0, 0.1) is 0 Å². The van der Waals surface area contributed by atoms with E-state index in [2.05, 4.69) is 11.7 Å². The van der Waals surface area contributed by atoms with Crippen LogP contribution in [0.2, 0.25) is 0 Å². The molecule has 0 heterocycles. The SMILES string of the molecule is CCCCCCCCC(Cl)C(=O)OC(Cl)(Cl)Cl. The minimum absolute atomic E-state index is 0.549. The van der Waals surface area contributed by atoms with Gasteiger partial charge in [0.25, 0.3) is 0 Å². The van der Waals surface area contributed by atoms with E-state index in [9.17, 15) is 4.79 Å². The molecule has 0 aliphatic rings. The number of rotatable bonds is 8. The summed E-state index contributed by atoms with van der Waals surface area (Å²) >= 11 is 21.8. The quantitative estimate of drug-likeness (QED) is 0.348. The predicted molar refractivity (Wildman–Crippen MR) is 74.0 cm³/mol. The maximum Gasteiger partial charge on any atom is 0.340 e. The number of alkyl halides is 4. The van der Waals surface area contributed by atoms with Gasteiger partial charge in [0.15, 0.2) is 0 Å². The van der Waals surface area contributed by atoms with Crippen molar-refractivity contribution in [3.63, 3.8) is 0 Å². The van der Waals surface area contributed by atoms with Crippen molar-refractivity contribution in [3.05, 3.63) is 0 Å². The molecule has 0 radical (unpaired) electrons. The fourth-order valence-electron chi connectivity index (χ4n) is 1.40. The molecule has 0 amide bonds. The van der Waals surface area contributed by atoms with Gasteiger partial charge >= 0.3 is 9.95 Å². The smallest absolute Gasteiger partial charge is 0.340 e. The van der Waals surface area contributed by atoms with Gasteiger partial charge in [-0.1, -0.05) is 45.4 Å². The molecular formula is C11H18Cl4O2. The minimum atomic E-state index is -2.02. The summed E-state index contributed by atoms with van der Waals surface area (Å²) < 4.78 is 2.50. The Bertz CT molecular complexity index is 216. The van der Waals surface area contributed by atoms with E-state index in [0.29, 0.717) is 6.42 Å². The van der Waals surface area contributed by atoms with E-state index in [1.165, 1.54) is 19.3 Å². The fourth-order valence-corrected chi connectivity index (χ4v) is 1.83. The van der Waals surface area contributed by atoms with Gasteiger partial charge in [0, 0.05) is 0 Å². The third kappa shape index (κ3) is 11.5. The lowest BCUT2D eigenvalue weighted by Gasteiger charge is -2.14. The molecular weight excluding hydrogens is 306 g/mol. The molecule has 0 saturated heterocycles. The lowest BCUT2D eigenvalue weighted by Crippen LogP contribution is -2.24. The van der Waals surface area contributed by atoms with Gasteiger partial charge in [-0.05, 0) is 41.2 Å². The fraction of sp³-hybridized carbons (Fsp3) is 0.909. The zero-order valence-corrected chi connectivity index (χ0v) is 12.9. The normalized spacial score (nSPS) is 13.5. The molecule has 0 aromatic carbocycles. The molecule has 2 nitrogen and oxygen atoms in total. The van der Waals surface area contributed by atoms with Gasteiger partial charge in [0.05, 0.1) is 0 Å². The van der Waals surface area contributed by atoms with Crippen molar-refractivity contribution < 1.29 is 9.53 Å². The molecule has 0 aliphatic carbocycles. The number of carbonyl (C=O) groups excluding carboxylic acids is 1. The van der Waals surface area contributed by atoms with Gasteiger partial charge in [-0.15, -0.1) is 11.6 Å². The van der Waals surface area contributed by atoms with E-state index in [4.69, 9.17) is 46.4 Å². The number of carbonyl (C=O) groups is 1. The van der Waals surface area contributed by atoms with Gasteiger partial charge < -0.3 is 4.74 Å². The Morgan fingerprint density at radius 1 is 1.12 bits per heavy atom. The number of esters is 1. The summed E-state index contributed by atoms with van der Waals surface area (Å²) in [4.78, 5) is 11.3. The first-order valence-electron chi connectivity index (χ1n) is 5.80. The number of halogens is 4. The summed E-state index contributed by atoms with van der Waals surface area (Å²) in [5.41, 5.74) is 0. The van der Waals surface area contributed by atoms with Crippen LogP contribution in [0.4, 0.5) is 0 Å². The molecule has 0 aliphatic heterocycles. The average Bonchev–Trinajstić information content (AvgIpc) is 2.20.